The molecule has 1 aromatic heterocycles. The lowest BCUT2D eigenvalue weighted by Crippen LogP contribution is -2.02. The molecule has 2 aromatic carbocycles. The van der Waals surface area contributed by atoms with E-state index >= 15 is 0 Å². The minimum absolute atomic E-state index is 0.100. The zero-order valence-electron chi connectivity index (χ0n) is 11.6. The van der Waals surface area contributed by atoms with E-state index in [1.807, 2.05) is 0 Å². The summed E-state index contributed by atoms with van der Waals surface area (Å²) in [7, 11) is 0. The molecule has 0 atom stereocenters. The van der Waals surface area contributed by atoms with Crippen molar-refractivity contribution in [2.24, 2.45) is 0 Å². The highest BCUT2D eigenvalue weighted by Gasteiger charge is 2.05. The van der Waals surface area contributed by atoms with Crippen LogP contribution in [0.15, 0.2) is 48.7 Å². The van der Waals surface area contributed by atoms with Crippen LogP contribution >= 0.6 is 0 Å². The molecule has 2 N–H and O–H groups in total. The van der Waals surface area contributed by atoms with Crippen LogP contribution in [0.5, 0.6) is 0 Å². The van der Waals surface area contributed by atoms with E-state index in [2.05, 4.69) is 25.8 Å². The van der Waals surface area contributed by atoms with Crippen molar-refractivity contribution >= 4 is 23.1 Å². The van der Waals surface area contributed by atoms with Gasteiger partial charge in [-0.2, -0.15) is 10.1 Å². The fourth-order valence-electron chi connectivity index (χ4n) is 1.80. The Bertz CT molecular complexity index is 824. The first kappa shape index (κ1) is 14.8. The zero-order chi connectivity index (χ0) is 16.2. The Kier molecular flexibility index (Phi) is 4.05. The van der Waals surface area contributed by atoms with E-state index in [1.54, 1.807) is 12.1 Å². The number of hydrogen-bond acceptors (Lipinski definition) is 5. The summed E-state index contributed by atoms with van der Waals surface area (Å²) in [6, 6.07) is 9.01. The smallest absolute Gasteiger partial charge is 0.249 e. The van der Waals surface area contributed by atoms with E-state index in [9.17, 15) is 13.2 Å². The van der Waals surface area contributed by atoms with Crippen molar-refractivity contribution in [3.05, 3.63) is 66.1 Å². The molecule has 0 radical (unpaired) electrons. The molecule has 23 heavy (non-hydrogen) atoms. The van der Waals surface area contributed by atoms with Gasteiger partial charge in [0.2, 0.25) is 5.95 Å². The van der Waals surface area contributed by atoms with Gasteiger partial charge in [0.25, 0.3) is 0 Å². The van der Waals surface area contributed by atoms with Crippen molar-refractivity contribution in [3.63, 3.8) is 0 Å². The number of nitrogens with zero attached hydrogens (tertiary/aromatic N) is 3. The van der Waals surface area contributed by atoms with Gasteiger partial charge in [0, 0.05) is 17.4 Å². The first-order valence-electron chi connectivity index (χ1n) is 6.54. The molecular weight excluding hydrogens is 307 g/mol. The number of anilines is 4. The third-order valence-electron chi connectivity index (χ3n) is 2.85. The van der Waals surface area contributed by atoms with Gasteiger partial charge in [0.1, 0.15) is 5.82 Å². The second-order valence-corrected chi connectivity index (χ2v) is 4.55. The number of halogens is 3. The molecule has 0 bridgehead atoms. The Hall–Kier alpha value is -3.16. The van der Waals surface area contributed by atoms with Crippen LogP contribution in [0.1, 0.15) is 0 Å². The van der Waals surface area contributed by atoms with E-state index in [0.717, 1.165) is 12.1 Å². The molecule has 8 heteroatoms. The molecule has 116 valence electrons. The summed E-state index contributed by atoms with van der Waals surface area (Å²) in [5.41, 5.74) is 0.898. The molecule has 0 aliphatic heterocycles. The van der Waals surface area contributed by atoms with Crippen LogP contribution < -0.4 is 10.6 Å². The number of nitrogens with one attached hydrogen (secondary N) is 2. The summed E-state index contributed by atoms with van der Waals surface area (Å²) in [6.45, 7) is 0. The van der Waals surface area contributed by atoms with Crippen LogP contribution in [0.25, 0.3) is 0 Å². The quantitative estimate of drug-likeness (QED) is 0.767. The van der Waals surface area contributed by atoms with E-state index in [4.69, 9.17) is 0 Å². The summed E-state index contributed by atoms with van der Waals surface area (Å²) in [6.07, 6.45) is 1.37. The lowest BCUT2D eigenvalue weighted by molar-refractivity contribution is 0.509. The first-order valence-corrected chi connectivity index (χ1v) is 6.54. The van der Waals surface area contributed by atoms with Gasteiger partial charge < -0.3 is 10.6 Å². The van der Waals surface area contributed by atoms with Crippen LogP contribution in [-0.2, 0) is 0 Å². The second-order valence-electron chi connectivity index (χ2n) is 4.55. The van der Waals surface area contributed by atoms with Gasteiger partial charge in [-0.3, -0.25) is 0 Å². The Balaban J connectivity index is 1.76. The van der Waals surface area contributed by atoms with Gasteiger partial charge in [0.05, 0.1) is 6.20 Å². The number of benzene rings is 2. The van der Waals surface area contributed by atoms with Gasteiger partial charge >= 0.3 is 0 Å². The lowest BCUT2D eigenvalue weighted by atomic mass is 10.3. The van der Waals surface area contributed by atoms with Crippen LogP contribution in [0.2, 0.25) is 0 Å². The number of aromatic nitrogens is 3. The maximum atomic E-state index is 13.2. The molecule has 0 aliphatic rings. The Morgan fingerprint density at radius 2 is 1.52 bits per heavy atom. The summed E-state index contributed by atoms with van der Waals surface area (Å²) < 4.78 is 38.9. The van der Waals surface area contributed by atoms with Crippen molar-refractivity contribution < 1.29 is 13.2 Å². The molecule has 1 heterocycles. The summed E-state index contributed by atoms with van der Waals surface area (Å²) in [5.74, 6) is -1.82. The minimum atomic E-state index is -0.983. The van der Waals surface area contributed by atoms with Gasteiger partial charge in [-0.05, 0) is 36.4 Å². The third kappa shape index (κ3) is 3.73. The highest BCUT2D eigenvalue weighted by Crippen LogP contribution is 2.18. The summed E-state index contributed by atoms with van der Waals surface area (Å²) in [4.78, 5) is 4.13. The SMILES string of the molecule is Fc1ccc(Nc2cnnc(Nc3ccc(F)c(F)c3)n2)cc1. The second kappa shape index (κ2) is 6.30. The topological polar surface area (TPSA) is 62.7 Å². The molecule has 0 saturated carbocycles. The molecule has 0 aliphatic carbocycles. The maximum absolute atomic E-state index is 13.2. The zero-order valence-corrected chi connectivity index (χ0v) is 11.6. The Labute approximate surface area is 129 Å². The largest absolute Gasteiger partial charge is 0.339 e. The van der Waals surface area contributed by atoms with E-state index in [0.29, 0.717) is 11.5 Å². The van der Waals surface area contributed by atoms with Crippen molar-refractivity contribution in [2.75, 3.05) is 10.6 Å². The fraction of sp³-hybridized carbons (Fsp3) is 0. The van der Waals surface area contributed by atoms with E-state index in [1.165, 1.54) is 24.4 Å². The van der Waals surface area contributed by atoms with Crippen LogP contribution in [-0.4, -0.2) is 15.2 Å². The average Bonchev–Trinajstić information content (AvgIpc) is 2.54. The van der Waals surface area contributed by atoms with Crippen molar-refractivity contribution in [1.82, 2.24) is 15.2 Å². The van der Waals surface area contributed by atoms with Gasteiger partial charge in [-0.15, -0.1) is 5.10 Å². The molecule has 5 nitrogen and oxygen atoms in total. The van der Waals surface area contributed by atoms with E-state index < -0.39 is 11.6 Å². The molecule has 0 amide bonds. The first-order chi connectivity index (χ1) is 11.1. The normalized spacial score (nSPS) is 10.4. The Morgan fingerprint density at radius 1 is 0.783 bits per heavy atom. The summed E-state index contributed by atoms with van der Waals surface area (Å²) >= 11 is 0. The molecule has 0 unspecified atom stereocenters. The van der Waals surface area contributed by atoms with Crippen LogP contribution in [0, 0.1) is 17.5 Å². The fourth-order valence-corrected chi connectivity index (χ4v) is 1.80. The van der Waals surface area contributed by atoms with Gasteiger partial charge in [-0.25, -0.2) is 13.2 Å². The molecule has 0 fully saturated rings. The monoisotopic (exact) mass is 317 g/mol. The average molecular weight is 317 g/mol. The van der Waals surface area contributed by atoms with Gasteiger partial charge in [0.15, 0.2) is 17.5 Å². The minimum Gasteiger partial charge on any atom is -0.339 e. The molecule has 3 aromatic rings. The number of hydrogen-bond donors (Lipinski definition) is 2. The molecule has 3 rings (SSSR count). The highest BCUT2D eigenvalue weighted by molar-refractivity contribution is 5.58. The maximum Gasteiger partial charge on any atom is 0.249 e. The summed E-state index contributed by atoms with van der Waals surface area (Å²) in [5, 5.41) is 13.1. The van der Waals surface area contributed by atoms with Gasteiger partial charge in [-0.1, -0.05) is 0 Å². The van der Waals surface area contributed by atoms with Crippen LogP contribution in [0.3, 0.4) is 0 Å². The van der Waals surface area contributed by atoms with Crippen molar-refractivity contribution in [2.45, 2.75) is 0 Å². The highest BCUT2D eigenvalue weighted by atomic mass is 19.2. The van der Waals surface area contributed by atoms with Crippen molar-refractivity contribution in [1.29, 1.82) is 0 Å². The lowest BCUT2D eigenvalue weighted by Gasteiger charge is -2.08. The molecular formula is C15H10F3N5. The predicted octanol–water partition coefficient (Wildman–Crippen LogP) is 3.78. The third-order valence-corrected chi connectivity index (χ3v) is 2.85. The van der Waals surface area contributed by atoms with Crippen molar-refractivity contribution in [3.8, 4) is 0 Å². The molecule has 0 saturated heterocycles. The Morgan fingerprint density at radius 3 is 2.26 bits per heavy atom. The predicted molar refractivity (Wildman–Crippen MR) is 79.2 cm³/mol. The van der Waals surface area contributed by atoms with E-state index in [-0.39, 0.29) is 17.5 Å². The standard InChI is InChI=1S/C15H10F3N5/c16-9-1-3-10(4-2-9)20-14-8-19-23-15(22-14)21-11-5-6-12(17)13(18)7-11/h1-8H,(H2,20,21,22,23). The van der Waals surface area contributed by atoms with Crippen LogP contribution in [0.4, 0.5) is 36.3 Å². The number of rotatable bonds is 4. The molecule has 0 spiro atoms.